The number of carbonyl (C=O) groups excluding carboxylic acids is 4. The zero-order valence-electron chi connectivity index (χ0n) is 39.1. The molecule has 0 bridgehead atoms. The highest BCUT2D eigenvalue weighted by molar-refractivity contribution is 7.99. The summed E-state index contributed by atoms with van der Waals surface area (Å²) in [6, 6.07) is 0. The van der Waals surface area contributed by atoms with Gasteiger partial charge in [0.2, 0.25) is 12.2 Å². The molecule has 0 fully saturated rings. The zero-order chi connectivity index (χ0) is 43.5. The number of esters is 3. The molecule has 0 aliphatic heterocycles. The molecule has 9 nitrogen and oxygen atoms in total. The first-order valence-electron chi connectivity index (χ1n) is 20.3. The minimum Gasteiger partial charge on any atom is -0.463 e. The molecule has 54 heavy (non-hydrogen) atoms. The summed E-state index contributed by atoms with van der Waals surface area (Å²) in [6.45, 7) is 43.3. The predicted molar refractivity (Wildman–Crippen MR) is 229 cm³/mol. The Bertz CT molecular complexity index is 929. The molecular weight excluding hydrogens is 703 g/mol. The second-order valence-corrected chi connectivity index (χ2v) is 20.9. The Morgan fingerprint density at radius 3 is 1.30 bits per heavy atom. The van der Waals surface area contributed by atoms with E-state index in [2.05, 4.69) is 58.6 Å². The van der Waals surface area contributed by atoms with E-state index in [1.54, 1.807) is 27.7 Å². The maximum absolute atomic E-state index is 11.5. The van der Waals surface area contributed by atoms with Crippen LogP contribution >= 0.6 is 11.8 Å². The topological polar surface area (TPSA) is 117 Å². The number of rotatable bonds is 17. The van der Waals surface area contributed by atoms with E-state index in [-0.39, 0.29) is 52.8 Å². The fourth-order valence-electron chi connectivity index (χ4n) is 3.70. The maximum Gasteiger partial charge on any atom is 0.311 e. The third-order valence-corrected chi connectivity index (χ3v) is 7.86. The third kappa shape index (κ3) is 50.2. The van der Waals surface area contributed by atoms with Gasteiger partial charge in [0.15, 0.2) is 0 Å². The van der Waals surface area contributed by atoms with Crippen LogP contribution in [0.4, 0.5) is 0 Å². The summed E-state index contributed by atoms with van der Waals surface area (Å²) in [5.74, 6) is 1.94. The average Bonchev–Trinajstić information content (AvgIpc) is 2.94. The van der Waals surface area contributed by atoms with Gasteiger partial charge in [-0.2, -0.15) is 11.8 Å². The molecular formula is C44H89NO8S. The minimum atomic E-state index is -0.806. The molecule has 10 heteroatoms. The first kappa shape index (κ1) is 58.9. The zero-order valence-corrected chi connectivity index (χ0v) is 39.9. The lowest BCUT2D eigenvalue weighted by molar-refractivity contribution is -0.188. The van der Waals surface area contributed by atoms with Crippen molar-refractivity contribution in [3.8, 4) is 0 Å². The summed E-state index contributed by atoms with van der Waals surface area (Å²) in [7, 11) is 0. The van der Waals surface area contributed by atoms with Crippen molar-refractivity contribution in [3.05, 3.63) is 0 Å². The molecule has 0 spiro atoms. The molecule has 0 aliphatic rings. The number of hydrogen-bond donors (Lipinski definition) is 1. The van der Waals surface area contributed by atoms with Crippen LogP contribution in [0.2, 0.25) is 0 Å². The van der Waals surface area contributed by atoms with Crippen molar-refractivity contribution in [2.24, 2.45) is 34.0 Å². The SMILES string of the molecule is CC(C)(C)CCCSCCCC(C)(C)C.CC(C)(C)OCCCNC(=O)C(C)(C)C.CC(C)CC(=O)OC(C)C.CC(OC(=O)C(C)C)OC(=O)C(C)C. The molecule has 1 amide bonds. The lowest BCUT2D eigenvalue weighted by Crippen LogP contribution is -2.35. The average molecular weight is 792 g/mol. The fraction of sp³-hybridized carbons (Fsp3) is 0.909. The van der Waals surface area contributed by atoms with Gasteiger partial charge >= 0.3 is 17.9 Å². The highest BCUT2D eigenvalue weighted by Crippen LogP contribution is 2.24. The number of thioether (sulfide) groups is 1. The summed E-state index contributed by atoms with van der Waals surface area (Å²) in [6.07, 6.45) is 6.08. The van der Waals surface area contributed by atoms with Crippen molar-refractivity contribution in [1.82, 2.24) is 5.32 Å². The molecule has 0 aliphatic carbocycles. The Balaban J connectivity index is -0.000000312. The largest absolute Gasteiger partial charge is 0.463 e. The molecule has 0 heterocycles. The van der Waals surface area contributed by atoms with Crippen LogP contribution in [0.3, 0.4) is 0 Å². The van der Waals surface area contributed by atoms with Crippen LogP contribution in [0.5, 0.6) is 0 Å². The fourth-order valence-corrected chi connectivity index (χ4v) is 4.60. The first-order chi connectivity index (χ1) is 24.2. The van der Waals surface area contributed by atoms with Gasteiger partial charge in [-0.3, -0.25) is 19.2 Å². The Morgan fingerprint density at radius 2 is 1.00 bits per heavy atom. The Hall–Kier alpha value is -1.81. The number of hydrogen-bond acceptors (Lipinski definition) is 9. The first-order valence-corrected chi connectivity index (χ1v) is 21.5. The standard InChI is InChI=1S/C14H30S.C12H25NO2.C10H18O4.C8H16O2/c1-13(2,3)9-7-11-15-12-8-10-14(4,5)6;1-11(2,3)10(14)13-8-7-9-15-12(4,5)6;1-6(2)9(11)13-8(5)14-10(12)7(3)4;1-6(2)5-8(9)10-7(3)4/h7-12H2,1-6H3;7-9H2,1-6H3,(H,13,14);6-8H,1-5H3;6-7H,5H2,1-4H3. The highest BCUT2D eigenvalue weighted by Gasteiger charge is 2.20. The Kier molecular flexibility index (Phi) is 33.1. The van der Waals surface area contributed by atoms with E-state index in [0.29, 0.717) is 36.3 Å². The Labute approximate surface area is 338 Å². The third-order valence-electron chi connectivity index (χ3n) is 6.70. The van der Waals surface area contributed by atoms with E-state index >= 15 is 0 Å². The maximum atomic E-state index is 11.5. The second kappa shape index (κ2) is 30.3. The van der Waals surface area contributed by atoms with Crippen molar-refractivity contribution < 1.29 is 38.1 Å². The van der Waals surface area contributed by atoms with Gasteiger partial charge in [-0.1, -0.05) is 104 Å². The number of ether oxygens (including phenoxy) is 4. The van der Waals surface area contributed by atoms with Gasteiger partial charge in [-0.05, 0) is 95.0 Å². The summed E-state index contributed by atoms with van der Waals surface area (Å²) >= 11 is 2.13. The van der Waals surface area contributed by atoms with E-state index in [1.807, 2.05) is 69.2 Å². The summed E-state index contributed by atoms with van der Waals surface area (Å²) < 4.78 is 20.2. The van der Waals surface area contributed by atoms with Gasteiger partial charge in [-0.15, -0.1) is 0 Å². The van der Waals surface area contributed by atoms with Crippen LogP contribution in [0.25, 0.3) is 0 Å². The molecule has 0 unspecified atom stereocenters. The Morgan fingerprint density at radius 1 is 0.593 bits per heavy atom. The smallest absolute Gasteiger partial charge is 0.311 e. The predicted octanol–water partition coefficient (Wildman–Crippen LogP) is 11.4. The molecule has 0 atom stereocenters. The van der Waals surface area contributed by atoms with Crippen molar-refractivity contribution in [3.63, 3.8) is 0 Å². The van der Waals surface area contributed by atoms with Crippen LogP contribution in [-0.4, -0.2) is 66.5 Å². The van der Waals surface area contributed by atoms with Gasteiger partial charge in [0.25, 0.3) is 0 Å². The van der Waals surface area contributed by atoms with Crippen molar-refractivity contribution in [2.75, 3.05) is 24.7 Å². The van der Waals surface area contributed by atoms with Crippen molar-refractivity contribution in [1.29, 1.82) is 0 Å². The monoisotopic (exact) mass is 792 g/mol. The molecule has 0 aromatic rings. The molecule has 1 N–H and O–H groups in total. The van der Waals surface area contributed by atoms with E-state index in [4.69, 9.17) is 18.9 Å². The lowest BCUT2D eigenvalue weighted by atomic mass is 9.91. The summed E-state index contributed by atoms with van der Waals surface area (Å²) in [5, 5.41) is 2.89. The highest BCUT2D eigenvalue weighted by atomic mass is 32.2. The van der Waals surface area contributed by atoms with Crippen molar-refractivity contribution >= 4 is 35.6 Å². The van der Waals surface area contributed by atoms with Gasteiger partial charge in [-0.25, -0.2) is 0 Å². The van der Waals surface area contributed by atoms with E-state index < -0.39 is 6.29 Å². The molecule has 0 aromatic heterocycles. The summed E-state index contributed by atoms with van der Waals surface area (Å²) in [5.41, 5.74) is 0.650. The van der Waals surface area contributed by atoms with Gasteiger partial charge < -0.3 is 24.3 Å². The van der Waals surface area contributed by atoms with Crippen LogP contribution in [0.1, 0.15) is 184 Å². The van der Waals surface area contributed by atoms with E-state index in [0.717, 1.165) is 6.42 Å². The second-order valence-electron chi connectivity index (χ2n) is 19.6. The minimum absolute atomic E-state index is 0.0197. The molecule has 0 saturated heterocycles. The van der Waals surface area contributed by atoms with Gasteiger partial charge in [0.05, 0.1) is 23.5 Å². The quantitative estimate of drug-likeness (QED) is 0.0872. The van der Waals surface area contributed by atoms with Crippen LogP contribution in [0.15, 0.2) is 0 Å². The molecule has 0 saturated carbocycles. The molecule has 324 valence electrons. The van der Waals surface area contributed by atoms with Crippen LogP contribution < -0.4 is 5.32 Å². The van der Waals surface area contributed by atoms with Crippen molar-refractivity contribution in [2.45, 2.75) is 202 Å². The number of nitrogens with one attached hydrogen (secondary N) is 1. The summed E-state index contributed by atoms with van der Waals surface area (Å²) in [4.78, 5) is 44.5. The molecule has 0 rings (SSSR count). The van der Waals surface area contributed by atoms with Crippen LogP contribution in [-0.2, 0) is 38.1 Å². The van der Waals surface area contributed by atoms with E-state index in [1.165, 1.54) is 44.1 Å². The van der Waals surface area contributed by atoms with Gasteiger partial charge in [0, 0.05) is 31.9 Å². The molecule has 0 aromatic carbocycles. The number of amides is 1. The van der Waals surface area contributed by atoms with E-state index in [9.17, 15) is 19.2 Å². The normalized spacial score (nSPS) is 12.0. The van der Waals surface area contributed by atoms with Crippen LogP contribution in [0, 0.1) is 34.0 Å². The lowest BCUT2D eigenvalue weighted by Gasteiger charge is -2.20. The molecule has 0 radical (unpaired) electrons. The van der Waals surface area contributed by atoms with Gasteiger partial charge in [0.1, 0.15) is 0 Å². The number of carbonyl (C=O) groups is 4.